The lowest BCUT2D eigenvalue weighted by molar-refractivity contribution is -0.153. The minimum Gasteiger partial charge on any atom is -0.465 e. The van der Waals surface area contributed by atoms with Gasteiger partial charge in [0.2, 0.25) is 11.8 Å². The maximum Gasteiger partial charge on any atom is 0.337 e. The van der Waals surface area contributed by atoms with Crippen LogP contribution in [-0.2, 0) is 25.5 Å². The second kappa shape index (κ2) is 8.18. The predicted octanol–water partition coefficient (Wildman–Crippen LogP) is 3.04. The largest absolute Gasteiger partial charge is 0.465 e. The van der Waals surface area contributed by atoms with Crippen LogP contribution in [0.15, 0.2) is 66.7 Å². The van der Waals surface area contributed by atoms with E-state index in [1.54, 1.807) is 0 Å². The van der Waals surface area contributed by atoms with Crippen molar-refractivity contribution >= 4 is 23.8 Å². The molecule has 7 rings (SSSR count). The van der Waals surface area contributed by atoms with Gasteiger partial charge in [-0.3, -0.25) is 14.5 Å². The molecular formula is C28H25NO6. The topological polar surface area (TPSA) is 90.0 Å². The Hall–Kier alpha value is -3.74. The van der Waals surface area contributed by atoms with E-state index in [1.165, 1.54) is 36.3 Å². The molecule has 35 heavy (non-hydrogen) atoms. The summed E-state index contributed by atoms with van der Waals surface area (Å²) in [5.41, 5.74) is 1.15. The van der Waals surface area contributed by atoms with Crippen molar-refractivity contribution in [1.29, 1.82) is 0 Å². The highest BCUT2D eigenvalue weighted by molar-refractivity contribution is 6.09. The van der Waals surface area contributed by atoms with E-state index in [0.717, 1.165) is 12.0 Å². The molecule has 7 atom stereocenters. The first kappa shape index (κ1) is 21.8. The minimum absolute atomic E-state index is 0.0794. The normalized spacial score (nSPS) is 30.5. The molecule has 7 nitrogen and oxygen atoms in total. The number of allylic oxidation sites excluding steroid dienone is 2. The Morgan fingerprint density at radius 1 is 0.914 bits per heavy atom. The van der Waals surface area contributed by atoms with Crippen LogP contribution in [0.4, 0.5) is 0 Å². The van der Waals surface area contributed by atoms with Gasteiger partial charge in [-0.2, -0.15) is 0 Å². The zero-order valence-corrected chi connectivity index (χ0v) is 19.2. The number of carbonyl (C=O) groups excluding carboxylic acids is 4. The van der Waals surface area contributed by atoms with E-state index >= 15 is 0 Å². The van der Waals surface area contributed by atoms with Crippen molar-refractivity contribution in [3.63, 3.8) is 0 Å². The van der Waals surface area contributed by atoms with Gasteiger partial charge in [0.1, 0.15) is 11.8 Å². The first-order valence-corrected chi connectivity index (χ1v) is 12.0. The molecule has 5 aliphatic rings. The van der Waals surface area contributed by atoms with E-state index in [9.17, 15) is 19.2 Å². The number of amides is 2. The third kappa shape index (κ3) is 3.49. The second-order valence-electron chi connectivity index (χ2n) is 9.84. The van der Waals surface area contributed by atoms with E-state index in [-0.39, 0.29) is 47.7 Å². The van der Waals surface area contributed by atoms with Gasteiger partial charge >= 0.3 is 11.9 Å². The third-order valence-electron chi connectivity index (χ3n) is 8.05. The molecule has 0 aromatic heterocycles. The van der Waals surface area contributed by atoms with Crippen molar-refractivity contribution < 1.29 is 28.7 Å². The van der Waals surface area contributed by atoms with E-state index in [0.29, 0.717) is 17.4 Å². The van der Waals surface area contributed by atoms with E-state index in [4.69, 9.17) is 9.47 Å². The number of hydrogen-bond acceptors (Lipinski definition) is 6. The first-order valence-electron chi connectivity index (χ1n) is 12.0. The van der Waals surface area contributed by atoms with Gasteiger partial charge in [-0.15, -0.1) is 0 Å². The van der Waals surface area contributed by atoms with Gasteiger partial charge in [0.05, 0.1) is 24.5 Å². The lowest BCUT2D eigenvalue weighted by Gasteiger charge is -2.37. The lowest BCUT2D eigenvalue weighted by Crippen LogP contribution is -2.48. The Kier molecular flexibility index (Phi) is 5.09. The molecule has 178 valence electrons. The summed E-state index contributed by atoms with van der Waals surface area (Å²) in [5.74, 6) is -1.11. The van der Waals surface area contributed by atoms with Crippen LogP contribution in [0.5, 0.6) is 5.75 Å². The number of esters is 2. The highest BCUT2D eigenvalue weighted by Crippen LogP contribution is 2.65. The van der Waals surface area contributed by atoms with Gasteiger partial charge in [-0.05, 0) is 59.9 Å². The molecule has 0 radical (unpaired) electrons. The maximum atomic E-state index is 13.7. The summed E-state index contributed by atoms with van der Waals surface area (Å²) in [5, 5.41) is 0. The van der Waals surface area contributed by atoms with Gasteiger partial charge in [0.15, 0.2) is 0 Å². The zero-order valence-electron chi connectivity index (χ0n) is 19.2. The summed E-state index contributed by atoms with van der Waals surface area (Å²) in [6.07, 6.45) is 5.48. The number of methoxy groups -OCH3 is 1. The smallest absolute Gasteiger partial charge is 0.337 e. The SMILES string of the molecule is COC(=O)c1ccc(OC(=O)[C@H](Cc2ccccc2)N2C(=O)[C@@H]3[C@H]4C=C[C@@H]([C@@H]5C[C@@H]45)[C@@H]3C2=O)cc1. The molecule has 2 bridgehead atoms. The van der Waals surface area contributed by atoms with Crippen LogP contribution < -0.4 is 4.74 Å². The van der Waals surface area contributed by atoms with Crippen LogP contribution in [-0.4, -0.2) is 41.8 Å². The van der Waals surface area contributed by atoms with Crippen molar-refractivity contribution in [2.75, 3.05) is 7.11 Å². The van der Waals surface area contributed by atoms with E-state index < -0.39 is 18.0 Å². The molecule has 3 fully saturated rings. The van der Waals surface area contributed by atoms with Gasteiger partial charge in [-0.25, -0.2) is 9.59 Å². The van der Waals surface area contributed by atoms with Crippen molar-refractivity contribution in [2.45, 2.75) is 18.9 Å². The van der Waals surface area contributed by atoms with Gasteiger partial charge in [-0.1, -0.05) is 42.5 Å². The quantitative estimate of drug-likeness (QED) is 0.278. The standard InChI is InChI=1S/C28H25NO6/c1-34-27(32)16-7-9-17(10-8-16)35-28(33)22(13-15-5-3-2-4-6-15)29-25(30)23-18-11-12-19(21-14-20(18)21)24(23)26(29)31/h2-12,18-24H,13-14H2,1H3/t18-,19-,20-,21-,22-,23-,24+/m0/s1. The van der Waals surface area contributed by atoms with Crippen molar-refractivity contribution in [3.05, 3.63) is 77.9 Å². The van der Waals surface area contributed by atoms with Crippen LogP contribution in [0.25, 0.3) is 0 Å². The Bertz CT molecular complexity index is 1200. The average molecular weight is 472 g/mol. The second-order valence-corrected chi connectivity index (χ2v) is 9.84. The van der Waals surface area contributed by atoms with Gasteiger partial charge in [0.25, 0.3) is 0 Å². The monoisotopic (exact) mass is 471 g/mol. The molecule has 1 heterocycles. The number of rotatable bonds is 6. The van der Waals surface area contributed by atoms with E-state index in [2.05, 4.69) is 12.2 Å². The number of nitrogens with zero attached hydrogens (tertiary/aromatic N) is 1. The Labute approximate surface area is 202 Å². The molecule has 2 aromatic rings. The number of imide groups is 1. The number of hydrogen-bond donors (Lipinski definition) is 0. The molecule has 0 N–H and O–H groups in total. The number of likely N-dealkylation sites (tertiary alicyclic amines) is 1. The first-order chi connectivity index (χ1) is 17.0. The summed E-state index contributed by atoms with van der Waals surface area (Å²) in [4.78, 5) is 53.6. The third-order valence-corrected chi connectivity index (χ3v) is 8.05. The highest BCUT2D eigenvalue weighted by atomic mass is 16.5. The summed E-state index contributed by atoms with van der Waals surface area (Å²) in [6.45, 7) is 0. The fraction of sp³-hybridized carbons (Fsp3) is 0.357. The maximum absolute atomic E-state index is 13.7. The lowest BCUT2D eigenvalue weighted by atomic mass is 9.63. The highest BCUT2D eigenvalue weighted by Gasteiger charge is 2.68. The van der Waals surface area contributed by atoms with Gasteiger partial charge < -0.3 is 9.47 Å². The van der Waals surface area contributed by atoms with Crippen molar-refractivity contribution in [2.24, 2.45) is 35.5 Å². The molecular weight excluding hydrogens is 446 g/mol. The van der Waals surface area contributed by atoms with Crippen molar-refractivity contribution in [3.8, 4) is 5.75 Å². The van der Waals surface area contributed by atoms with Crippen LogP contribution in [0, 0.1) is 35.5 Å². The Morgan fingerprint density at radius 2 is 1.51 bits per heavy atom. The van der Waals surface area contributed by atoms with Gasteiger partial charge in [0, 0.05) is 6.42 Å². The van der Waals surface area contributed by atoms with Crippen LogP contribution in [0.1, 0.15) is 22.3 Å². The molecule has 4 aliphatic carbocycles. The molecule has 7 heteroatoms. The predicted molar refractivity (Wildman–Crippen MR) is 124 cm³/mol. The molecule has 0 spiro atoms. The molecule has 2 amide bonds. The van der Waals surface area contributed by atoms with Crippen molar-refractivity contribution in [1.82, 2.24) is 4.90 Å². The fourth-order valence-corrected chi connectivity index (χ4v) is 6.37. The molecule has 1 saturated heterocycles. The molecule has 0 unspecified atom stereocenters. The molecule has 1 aliphatic heterocycles. The Balaban J connectivity index is 1.29. The van der Waals surface area contributed by atoms with Crippen LogP contribution >= 0.6 is 0 Å². The summed E-state index contributed by atoms with van der Waals surface area (Å²) in [6, 6.07) is 14.2. The number of carbonyl (C=O) groups is 4. The number of ether oxygens (including phenoxy) is 2. The zero-order chi connectivity index (χ0) is 24.3. The fourth-order valence-electron chi connectivity index (χ4n) is 6.37. The Morgan fingerprint density at radius 3 is 2.09 bits per heavy atom. The average Bonchev–Trinajstić information content (AvgIpc) is 3.67. The molecule has 2 saturated carbocycles. The van der Waals surface area contributed by atoms with E-state index in [1.807, 2.05) is 30.3 Å². The minimum atomic E-state index is -1.07. The van der Waals surface area contributed by atoms with Crippen LogP contribution in [0.2, 0.25) is 0 Å². The molecule has 2 aromatic carbocycles. The summed E-state index contributed by atoms with van der Waals surface area (Å²) in [7, 11) is 1.29. The van der Waals surface area contributed by atoms with Crippen LogP contribution in [0.3, 0.4) is 0 Å². The summed E-state index contributed by atoms with van der Waals surface area (Å²) >= 11 is 0. The number of benzene rings is 2. The summed E-state index contributed by atoms with van der Waals surface area (Å²) < 4.78 is 10.3.